The van der Waals surface area contributed by atoms with Gasteiger partial charge in [0.05, 0.1) is 6.61 Å². The standard InChI is InChI=1S/C15H21NO/c1-2-3-14(11-4-5-11)16-13-6-7-15-12(10-13)8-9-17-15/h6-7,10-11,14,16H,2-5,8-9H2,1H3. The first-order valence-corrected chi connectivity index (χ1v) is 6.89. The van der Waals surface area contributed by atoms with Crippen LogP contribution in [0.4, 0.5) is 5.69 Å². The molecule has 1 heterocycles. The lowest BCUT2D eigenvalue weighted by molar-refractivity contribution is 0.357. The van der Waals surface area contributed by atoms with E-state index in [9.17, 15) is 0 Å². The van der Waals surface area contributed by atoms with Gasteiger partial charge < -0.3 is 10.1 Å². The van der Waals surface area contributed by atoms with Crippen molar-refractivity contribution < 1.29 is 4.74 Å². The zero-order valence-electron chi connectivity index (χ0n) is 10.5. The molecule has 2 nitrogen and oxygen atoms in total. The van der Waals surface area contributed by atoms with Crippen molar-refractivity contribution in [1.82, 2.24) is 0 Å². The predicted molar refractivity (Wildman–Crippen MR) is 70.7 cm³/mol. The van der Waals surface area contributed by atoms with E-state index >= 15 is 0 Å². The molecule has 1 aliphatic heterocycles. The molecule has 0 radical (unpaired) electrons. The Hall–Kier alpha value is -1.18. The minimum atomic E-state index is 0.681. The first-order chi connectivity index (χ1) is 8.36. The van der Waals surface area contributed by atoms with E-state index in [1.54, 1.807) is 0 Å². The van der Waals surface area contributed by atoms with Crippen LogP contribution in [-0.2, 0) is 6.42 Å². The second-order valence-electron chi connectivity index (χ2n) is 5.30. The Morgan fingerprint density at radius 3 is 3.06 bits per heavy atom. The molecule has 3 rings (SSSR count). The summed E-state index contributed by atoms with van der Waals surface area (Å²) in [6.07, 6.45) is 6.44. The van der Waals surface area contributed by atoms with Crippen molar-refractivity contribution in [2.24, 2.45) is 5.92 Å². The Labute approximate surface area is 103 Å². The van der Waals surface area contributed by atoms with Gasteiger partial charge in [-0.25, -0.2) is 0 Å². The molecule has 1 atom stereocenters. The fourth-order valence-corrected chi connectivity index (χ4v) is 2.73. The first-order valence-electron chi connectivity index (χ1n) is 6.89. The normalized spacial score (nSPS) is 19.6. The number of fused-ring (bicyclic) bond motifs is 1. The van der Waals surface area contributed by atoms with Gasteiger partial charge in [-0.1, -0.05) is 13.3 Å². The summed E-state index contributed by atoms with van der Waals surface area (Å²) in [7, 11) is 0. The molecule has 0 bridgehead atoms. The van der Waals surface area contributed by atoms with E-state index in [1.807, 2.05) is 0 Å². The Morgan fingerprint density at radius 1 is 1.41 bits per heavy atom. The predicted octanol–water partition coefficient (Wildman–Crippen LogP) is 3.61. The molecule has 1 unspecified atom stereocenters. The van der Waals surface area contributed by atoms with Gasteiger partial charge in [0.15, 0.2) is 0 Å². The van der Waals surface area contributed by atoms with Gasteiger partial charge in [-0.3, -0.25) is 0 Å². The summed E-state index contributed by atoms with van der Waals surface area (Å²) in [6, 6.07) is 7.23. The second kappa shape index (κ2) is 4.59. The van der Waals surface area contributed by atoms with Crippen molar-refractivity contribution in [1.29, 1.82) is 0 Å². The number of rotatable bonds is 5. The molecular formula is C15H21NO. The maximum Gasteiger partial charge on any atom is 0.122 e. The van der Waals surface area contributed by atoms with Gasteiger partial charge in [-0.2, -0.15) is 0 Å². The number of nitrogens with one attached hydrogen (secondary N) is 1. The molecule has 1 aromatic rings. The minimum absolute atomic E-state index is 0.681. The lowest BCUT2D eigenvalue weighted by Gasteiger charge is -2.19. The van der Waals surface area contributed by atoms with Crippen LogP contribution >= 0.6 is 0 Å². The molecule has 0 amide bonds. The summed E-state index contributed by atoms with van der Waals surface area (Å²) in [6.45, 7) is 3.12. The monoisotopic (exact) mass is 231 g/mol. The maximum absolute atomic E-state index is 5.54. The zero-order chi connectivity index (χ0) is 11.7. The van der Waals surface area contributed by atoms with Crippen LogP contribution in [0.2, 0.25) is 0 Å². The van der Waals surface area contributed by atoms with Crippen LogP contribution in [0.15, 0.2) is 18.2 Å². The quantitative estimate of drug-likeness (QED) is 0.835. The molecule has 1 saturated carbocycles. The highest BCUT2D eigenvalue weighted by Crippen LogP contribution is 2.37. The maximum atomic E-state index is 5.54. The highest BCUT2D eigenvalue weighted by atomic mass is 16.5. The second-order valence-corrected chi connectivity index (χ2v) is 5.30. The van der Waals surface area contributed by atoms with E-state index in [0.29, 0.717) is 6.04 Å². The third kappa shape index (κ3) is 2.41. The third-order valence-electron chi connectivity index (χ3n) is 3.83. The molecule has 1 N–H and O–H groups in total. The van der Waals surface area contributed by atoms with E-state index in [2.05, 4.69) is 30.4 Å². The number of hydrogen-bond donors (Lipinski definition) is 1. The summed E-state index contributed by atoms with van der Waals surface area (Å²) in [4.78, 5) is 0. The Kier molecular flexibility index (Phi) is 2.96. The summed E-state index contributed by atoms with van der Waals surface area (Å²) in [5.41, 5.74) is 2.64. The Morgan fingerprint density at radius 2 is 2.29 bits per heavy atom. The summed E-state index contributed by atoms with van der Waals surface area (Å²) >= 11 is 0. The van der Waals surface area contributed by atoms with Gasteiger partial charge in [0.1, 0.15) is 5.75 Å². The van der Waals surface area contributed by atoms with Crippen molar-refractivity contribution >= 4 is 5.69 Å². The Bertz CT molecular complexity index is 398. The van der Waals surface area contributed by atoms with Crippen LogP contribution in [0, 0.1) is 5.92 Å². The van der Waals surface area contributed by atoms with Gasteiger partial charge in [-0.15, -0.1) is 0 Å². The van der Waals surface area contributed by atoms with Crippen LogP contribution < -0.4 is 10.1 Å². The van der Waals surface area contributed by atoms with Crippen LogP contribution in [0.1, 0.15) is 38.2 Å². The molecule has 2 heteroatoms. The largest absolute Gasteiger partial charge is 0.493 e. The van der Waals surface area contributed by atoms with E-state index in [4.69, 9.17) is 4.74 Å². The molecule has 0 spiro atoms. The van der Waals surface area contributed by atoms with Crippen molar-refractivity contribution in [2.75, 3.05) is 11.9 Å². The number of benzene rings is 1. The summed E-state index contributed by atoms with van der Waals surface area (Å²) < 4.78 is 5.54. The molecule has 1 aromatic carbocycles. The van der Waals surface area contributed by atoms with Gasteiger partial charge in [-0.05, 0) is 48.9 Å². The highest BCUT2D eigenvalue weighted by molar-refractivity contribution is 5.53. The lowest BCUT2D eigenvalue weighted by Crippen LogP contribution is -2.21. The molecule has 92 valence electrons. The van der Waals surface area contributed by atoms with E-state index in [1.165, 1.54) is 36.9 Å². The number of ether oxygens (including phenoxy) is 1. The fourth-order valence-electron chi connectivity index (χ4n) is 2.73. The lowest BCUT2D eigenvalue weighted by atomic mass is 10.1. The van der Waals surface area contributed by atoms with Crippen LogP contribution in [-0.4, -0.2) is 12.6 Å². The van der Waals surface area contributed by atoms with Crippen molar-refractivity contribution in [3.8, 4) is 5.75 Å². The van der Waals surface area contributed by atoms with Crippen LogP contribution in [0.3, 0.4) is 0 Å². The topological polar surface area (TPSA) is 21.3 Å². The molecule has 17 heavy (non-hydrogen) atoms. The van der Waals surface area contributed by atoms with Gasteiger partial charge in [0, 0.05) is 18.2 Å². The zero-order valence-corrected chi connectivity index (χ0v) is 10.5. The first kappa shape index (κ1) is 10.9. The average Bonchev–Trinajstić information content (AvgIpc) is 3.07. The van der Waals surface area contributed by atoms with Gasteiger partial charge in [0.2, 0.25) is 0 Å². The number of hydrogen-bond acceptors (Lipinski definition) is 2. The van der Waals surface area contributed by atoms with Crippen molar-refractivity contribution in [3.63, 3.8) is 0 Å². The van der Waals surface area contributed by atoms with Gasteiger partial charge >= 0.3 is 0 Å². The van der Waals surface area contributed by atoms with Crippen LogP contribution in [0.25, 0.3) is 0 Å². The average molecular weight is 231 g/mol. The molecule has 0 aromatic heterocycles. The molecular weight excluding hydrogens is 210 g/mol. The summed E-state index contributed by atoms with van der Waals surface area (Å²) in [5.74, 6) is 1.99. The van der Waals surface area contributed by atoms with Gasteiger partial charge in [0.25, 0.3) is 0 Å². The van der Waals surface area contributed by atoms with Crippen LogP contribution in [0.5, 0.6) is 5.75 Å². The van der Waals surface area contributed by atoms with Crippen molar-refractivity contribution in [3.05, 3.63) is 23.8 Å². The van der Waals surface area contributed by atoms with E-state index in [-0.39, 0.29) is 0 Å². The third-order valence-corrected chi connectivity index (χ3v) is 3.83. The smallest absolute Gasteiger partial charge is 0.122 e. The minimum Gasteiger partial charge on any atom is -0.493 e. The molecule has 0 saturated heterocycles. The van der Waals surface area contributed by atoms with Crippen molar-refractivity contribution in [2.45, 2.75) is 45.1 Å². The fraction of sp³-hybridized carbons (Fsp3) is 0.600. The Balaban J connectivity index is 1.70. The summed E-state index contributed by atoms with van der Waals surface area (Å²) in [5, 5.41) is 3.72. The number of anilines is 1. The molecule has 1 aliphatic carbocycles. The molecule has 2 aliphatic rings. The van der Waals surface area contributed by atoms with E-state index in [0.717, 1.165) is 24.7 Å². The SMILES string of the molecule is CCCC(Nc1ccc2c(c1)CCO2)C1CC1. The van der Waals surface area contributed by atoms with E-state index < -0.39 is 0 Å². The molecule has 1 fully saturated rings. The highest BCUT2D eigenvalue weighted by Gasteiger charge is 2.30.